The summed E-state index contributed by atoms with van der Waals surface area (Å²) in [4.78, 5) is 0. The van der Waals surface area contributed by atoms with E-state index < -0.39 is 0 Å². The van der Waals surface area contributed by atoms with Gasteiger partial charge in [0.05, 0.1) is 6.61 Å². The molecule has 0 spiro atoms. The first kappa shape index (κ1) is 11.2. The van der Waals surface area contributed by atoms with Crippen molar-refractivity contribution in [3.63, 3.8) is 0 Å². The molecule has 0 aromatic carbocycles. The molecule has 0 aliphatic heterocycles. The van der Waals surface area contributed by atoms with Crippen LogP contribution >= 0.6 is 24.0 Å². The maximum Gasteiger partial charge on any atom is 0.220 e. The fourth-order valence-corrected chi connectivity index (χ4v) is 1.33. The van der Waals surface area contributed by atoms with E-state index in [0.29, 0.717) is 17.6 Å². The summed E-state index contributed by atoms with van der Waals surface area (Å²) in [6.07, 6.45) is 0. The van der Waals surface area contributed by atoms with Crippen LogP contribution in [0.5, 0.6) is 0 Å². The molecule has 0 saturated carbocycles. The first-order valence-corrected chi connectivity index (χ1v) is 5.08. The van der Waals surface area contributed by atoms with E-state index in [4.69, 9.17) is 21.7 Å². The standard InChI is InChI=1S/C7H14O2S2/c1-3-8-5-6-9-7(10)11-4-2/h3-6H2,1-2H3. The lowest BCUT2D eigenvalue weighted by atomic mass is 10.7. The molecule has 0 saturated heterocycles. The summed E-state index contributed by atoms with van der Waals surface area (Å²) in [5.74, 6) is 0.966. The minimum atomic E-state index is 0.569. The Bertz CT molecular complexity index is 107. The topological polar surface area (TPSA) is 18.5 Å². The Hall–Kier alpha value is 0.200. The average molecular weight is 194 g/mol. The summed E-state index contributed by atoms with van der Waals surface area (Å²) < 4.78 is 10.8. The van der Waals surface area contributed by atoms with Crippen molar-refractivity contribution in [2.75, 3.05) is 25.6 Å². The Balaban J connectivity index is 3.04. The highest BCUT2D eigenvalue weighted by Crippen LogP contribution is 2.03. The molecule has 0 atom stereocenters. The molecule has 0 unspecified atom stereocenters. The van der Waals surface area contributed by atoms with Crippen LogP contribution in [-0.4, -0.2) is 30.0 Å². The fourth-order valence-electron chi connectivity index (χ4n) is 0.488. The van der Waals surface area contributed by atoms with Crippen molar-refractivity contribution in [2.24, 2.45) is 0 Å². The zero-order valence-corrected chi connectivity index (χ0v) is 8.59. The van der Waals surface area contributed by atoms with Gasteiger partial charge >= 0.3 is 0 Å². The van der Waals surface area contributed by atoms with Crippen LogP contribution in [0.3, 0.4) is 0 Å². The van der Waals surface area contributed by atoms with Crippen molar-refractivity contribution >= 4 is 28.4 Å². The lowest BCUT2D eigenvalue weighted by Gasteiger charge is -2.04. The lowest BCUT2D eigenvalue weighted by molar-refractivity contribution is 0.109. The van der Waals surface area contributed by atoms with Crippen LogP contribution in [0.4, 0.5) is 0 Å². The Kier molecular flexibility index (Phi) is 8.45. The van der Waals surface area contributed by atoms with E-state index in [9.17, 15) is 0 Å². The molecule has 0 aliphatic carbocycles. The molecule has 4 heteroatoms. The SMILES string of the molecule is CCOCCOC(=S)SCC. The van der Waals surface area contributed by atoms with Crippen molar-refractivity contribution in [3.8, 4) is 0 Å². The summed E-state index contributed by atoms with van der Waals surface area (Å²) in [7, 11) is 0. The molecule has 0 rings (SSSR count). The van der Waals surface area contributed by atoms with Gasteiger partial charge in [-0.15, -0.1) is 0 Å². The van der Waals surface area contributed by atoms with Gasteiger partial charge in [-0.25, -0.2) is 0 Å². The van der Waals surface area contributed by atoms with Gasteiger partial charge in [0, 0.05) is 6.61 Å². The predicted molar refractivity (Wildman–Crippen MR) is 53.2 cm³/mol. The Labute approximate surface area is 77.6 Å². The summed E-state index contributed by atoms with van der Waals surface area (Å²) in [6, 6.07) is 0. The number of ether oxygens (including phenoxy) is 2. The third-order valence-electron chi connectivity index (χ3n) is 0.914. The maximum absolute atomic E-state index is 5.15. The Morgan fingerprint density at radius 3 is 2.64 bits per heavy atom. The van der Waals surface area contributed by atoms with Crippen LogP contribution < -0.4 is 0 Å². The van der Waals surface area contributed by atoms with E-state index in [-0.39, 0.29) is 0 Å². The number of rotatable bonds is 5. The number of hydrogen-bond acceptors (Lipinski definition) is 4. The summed E-state index contributed by atoms with van der Waals surface area (Å²) in [5, 5.41) is 0. The molecule has 0 amide bonds. The molecule has 0 aromatic rings. The van der Waals surface area contributed by atoms with Gasteiger partial charge in [0.1, 0.15) is 6.61 Å². The first-order chi connectivity index (χ1) is 5.31. The minimum absolute atomic E-state index is 0.569. The van der Waals surface area contributed by atoms with Crippen molar-refractivity contribution in [2.45, 2.75) is 13.8 Å². The molecule has 0 aliphatic rings. The second-order valence-electron chi connectivity index (χ2n) is 1.73. The van der Waals surface area contributed by atoms with Crippen molar-refractivity contribution in [1.82, 2.24) is 0 Å². The van der Waals surface area contributed by atoms with Crippen LogP contribution in [0.2, 0.25) is 0 Å². The average Bonchev–Trinajstić information content (AvgIpc) is 1.99. The minimum Gasteiger partial charge on any atom is -0.476 e. The molecule has 66 valence electrons. The van der Waals surface area contributed by atoms with E-state index in [2.05, 4.69) is 0 Å². The number of thiocarbonyl (C=S) groups is 1. The van der Waals surface area contributed by atoms with Gasteiger partial charge < -0.3 is 9.47 Å². The molecule has 0 radical (unpaired) electrons. The second-order valence-corrected chi connectivity index (χ2v) is 3.59. The van der Waals surface area contributed by atoms with Crippen LogP contribution in [0.1, 0.15) is 13.8 Å². The van der Waals surface area contributed by atoms with Crippen LogP contribution in [-0.2, 0) is 9.47 Å². The van der Waals surface area contributed by atoms with Crippen LogP contribution in [0.15, 0.2) is 0 Å². The van der Waals surface area contributed by atoms with Gasteiger partial charge in [0.25, 0.3) is 0 Å². The number of thioether (sulfide) groups is 1. The predicted octanol–water partition coefficient (Wildman–Crippen LogP) is 2.08. The molecule has 11 heavy (non-hydrogen) atoms. The molecular weight excluding hydrogens is 180 g/mol. The highest BCUT2D eigenvalue weighted by atomic mass is 32.2. The van der Waals surface area contributed by atoms with Crippen molar-refractivity contribution < 1.29 is 9.47 Å². The van der Waals surface area contributed by atoms with Crippen LogP contribution in [0.25, 0.3) is 0 Å². The smallest absolute Gasteiger partial charge is 0.220 e. The van der Waals surface area contributed by atoms with Gasteiger partial charge in [-0.2, -0.15) is 0 Å². The van der Waals surface area contributed by atoms with E-state index >= 15 is 0 Å². The number of hydrogen-bond donors (Lipinski definition) is 0. The summed E-state index contributed by atoms with van der Waals surface area (Å²) in [6.45, 7) is 5.93. The van der Waals surface area contributed by atoms with Gasteiger partial charge in [0.2, 0.25) is 4.38 Å². The molecule has 0 aromatic heterocycles. The molecule has 0 N–H and O–H groups in total. The normalized spacial score (nSPS) is 9.64. The van der Waals surface area contributed by atoms with Crippen molar-refractivity contribution in [3.05, 3.63) is 0 Å². The van der Waals surface area contributed by atoms with Crippen LogP contribution in [0, 0.1) is 0 Å². The second kappa shape index (κ2) is 8.30. The molecule has 0 heterocycles. The molecular formula is C7H14O2S2. The zero-order valence-electron chi connectivity index (χ0n) is 6.96. The third kappa shape index (κ3) is 8.10. The molecule has 2 nitrogen and oxygen atoms in total. The fraction of sp³-hybridized carbons (Fsp3) is 0.857. The molecule has 0 fully saturated rings. The quantitative estimate of drug-likeness (QED) is 0.492. The zero-order chi connectivity index (χ0) is 8.53. The molecule has 0 bridgehead atoms. The Morgan fingerprint density at radius 1 is 1.36 bits per heavy atom. The summed E-state index contributed by atoms with van der Waals surface area (Å²) in [5.41, 5.74) is 0. The monoisotopic (exact) mass is 194 g/mol. The highest BCUT2D eigenvalue weighted by molar-refractivity contribution is 8.22. The van der Waals surface area contributed by atoms with E-state index in [1.165, 1.54) is 0 Å². The lowest BCUT2D eigenvalue weighted by Crippen LogP contribution is -2.06. The van der Waals surface area contributed by atoms with E-state index in [1.54, 1.807) is 11.8 Å². The van der Waals surface area contributed by atoms with Gasteiger partial charge in [0.15, 0.2) is 0 Å². The highest BCUT2D eigenvalue weighted by Gasteiger charge is 1.94. The van der Waals surface area contributed by atoms with Crippen molar-refractivity contribution in [1.29, 1.82) is 0 Å². The van der Waals surface area contributed by atoms with Gasteiger partial charge in [-0.3, -0.25) is 0 Å². The van der Waals surface area contributed by atoms with E-state index in [0.717, 1.165) is 12.4 Å². The maximum atomic E-state index is 5.15. The first-order valence-electron chi connectivity index (χ1n) is 3.68. The Morgan fingerprint density at radius 2 is 2.09 bits per heavy atom. The third-order valence-corrected chi connectivity index (χ3v) is 2.03. The largest absolute Gasteiger partial charge is 0.476 e. The van der Waals surface area contributed by atoms with Gasteiger partial charge in [-0.05, 0) is 24.9 Å². The van der Waals surface area contributed by atoms with Gasteiger partial charge in [-0.1, -0.05) is 18.7 Å². The van der Waals surface area contributed by atoms with E-state index in [1.807, 2.05) is 13.8 Å². The summed E-state index contributed by atoms with van der Waals surface area (Å²) >= 11 is 6.43.